The van der Waals surface area contributed by atoms with E-state index in [4.69, 9.17) is 0 Å². The molecule has 3 heteroatoms. The molecular formula is C25H38OSi2. The summed E-state index contributed by atoms with van der Waals surface area (Å²) in [4.78, 5) is 13.0. The molecule has 1 aromatic carbocycles. The number of ketones is 1. The van der Waals surface area contributed by atoms with E-state index in [1.807, 2.05) is 6.08 Å². The molecule has 3 aliphatic rings. The van der Waals surface area contributed by atoms with Gasteiger partial charge in [0.2, 0.25) is 0 Å². The molecule has 0 unspecified atom stereocenters. The summed E-state index contributed by atoms with van der Waals surface area (Å²) < 4.78 is 0. The number of carbonyl (C=O) groups is 1. The molecule has 0 amide bonds. The van der Waals surface area contributed by atoms with Crippen LogP contribution in [0.3, 0.4) is 0 Å². The van der Waals surface area contributed by atoms with Gasteiger partial charge in [0, 0.05) is 11.8 Å². The van der Waals surface area contributed by atoms with Crippen LogP contribution in [0.15, 0.2) is 24.8 Å². The second kappa shape index (κ2) is 6.28. The lowest BCUT2D eigenvalue weighted by Crippen LogP contribution is -2.57. The Balaban J connectivity index is 1.91. The van der Waals surface area contributed by atoms with Crippen molar-refractivity contribution in [1.29, 1.82) is 0 Å². The van der Waals surface area contributed by atoms with Crippen molar-refractivity contribution in [2.45, 2.75) is 89.6 Å². The zero-order valence-corrected chi connectivity index (χ0v) is 20.9. The summed E-state index contributed by atoms with van der Waals surface area (Å²) in [6, 6.07) is 5.32. The van der Waals surface area contributed by atoms with Gasteiger partial charge in [0.1, 0.15) is 5.78 Å². The molecule has 152 valence electrons. The number of fused-ring (bicyclic) bond motifs is 2. The number of benzene rings is 1. The van der Waals surface area contributed by atoms with Crippen LogP contribution in [0.25, 0.3) is 0 Å². The van der Waals surface area contributed by atoms with Crippen LogP contribution >= 0.6 is 0 Å². The molecule has 0 aromatic heterocycles. The fourth-order valence-electron chi connectivity index (χ4n) is 6.85. The topological polar surface area (TPSA) is 17.1 Å². The average molecular weight is 411 g/mol. The second-order valence-corrected chi connectivity index (χ2v) is 22.1. The van der Waals surface area contributed by atoms with E-state index < -0.39 is 16.1 Å². The number of carbonyl (C=O) groups excluding carboxylic acids is 1. The van der Waals surface area contributed by atoms with Crippen molar-refractivity contribution < 1.29 is 4.79 Å². The zero-order valence-electron chi connectivity index (χ0n) is 18.9. The van der Waals surface area contributed by atoms with Crippen LogP contribution in [0.4, 0.5) is 0 Å². The van der Waals surface area contributed by atoms with E-state index in [0.717, 1.165) is 32.1 Å². The Hall–Kier alpha value is -0.936. The van der Waals surface area contributed by atoms with Crippen LogP contribution in [0.2, 0.25) is 39.3 Å². The molecular weight excluding hydrogens is 372 g/mol. The molecule has 3 atom stereocenters. The Kier molecular flexibility index (Phi) is 4.56. The first kappa shape index (κ1) is 20.3. The second-order valence-electron chi connectivity index (χ2n) is 12.0. The summed E-state index contributed by atoms with van der Waals surface area (Å²) in [6.45, 7) is 19.1. The van der Waals surface area contributed by atoms with Crippen molar-refractivity contribution in [2.75, 3.05) is 0 Å². The lowest BCUT2D eigenvalue weighted by molar-refractivity contribution is -0.130. The van der Waals surface area contributed by atoms with Gasteiger partial charge in [-0.25, -0.2) is 0 Å². The van der Waals surface area contributed by atoms with Crippen molar-refractivity contribution in [2.24, 2.45) is 11.3 Å². The van der Waals surface area contributed by atoms with Crippen molar-refractivity contribution >= 4 is 32.3 Å². The Morgan fingerprint density at radius 2 is 1.71 bits per heavy atom. The third kappa shape index (κ3) is 2.87. The van der Waals surface area contributed by atoms with Gasteiger partial charge in [-0.05, 0) is 61.0 Å². The molecule has 4 rings (SSSR count). The maximum atomic E-state index is 13.0. The molecule has 3 aliphatic carbocycles. The normalized spacial score (nSPS) is 32.1. The van der Waals surface area contributed by atoms with Gasteiger partial charge in [-0.2, -0.15) is 0 Å². The highest BCUT2D eigenvalue weighted by Crippen LogP contribution is 2.65. The van der Waals surface area contributed by atoms with Gasteiger partial charge in [-0.1, -0.05) is 67.9 Å². The number of aryl methyl sites for hydroxylation is 1. The number of hydrogen-bond donors (Lipinski definition) is 0. The van der Waals surface area contributed by atoms with E-state index in [1.165, 1.54) is 12.8 Å². The molecule has 1 aromatic rings. The van der Waals surface area contributed by atoms with Gasteiger partial charge >= 0.3 is 0 Å². The first-order valence-electron chi connectivity index (χ1n) is 11.3. The summed E-state index contributed by atoms with van der Waals surface area (Å²) in [6.07, 6.45) is 9.43. The largest absolute Gasteiger partial charge is 0.299 e. The molecule has 2 fully saturated rings. The van der Waals surface area contributed by atoms with Gasteiger partial charge < -0.3 is 0 Å². The van der Waals surface area contributed by atoms with E-state index in [1.54, 1.807) is 21.5 Å². The minimum absolute atomic E-state index is 0.108. The molecule has 0 N–H and O–H groups in total. The molecule has 0 saturated heterocycles. The predicted octanol–water partition coefficient (Wildman–Crippen LogP) is 5.30. The molecule has 2 bridgehead atoms. The average Bonchev–Trinajstić information content (AvgIpc) is 2.87. The lowest BCUT2D eigenvalue weighted by Gasteiger charge is -2.45. The van der Waals surface area contributed by atoms with E-state index in [2.05, 4.69) is 58.0 Å². The van der Waals surface area contributed by atoms with Crippen LogP contribution in [0.1, 0.15) is 49.7 Å². The molecule has 1 nitrogen and oxygen atoms in total. The zero-order chi connectivity index (χ0) is 20.5. The Labute approximate surface area is 174 Å². The fourth-order valence-corrected chi connectivity index (χ4v) is 12.0. The van der Waals surface area contributed by atoms with Crippen LogP contribution in [0, 0.1) is 11.3 Å². The summed E-state index contributed by atoms with van der Waals surface area (Å²) in [5.74, 6) is 1.22. The van der Waals surface area contributed by atoms with Crippen LogP contribution in [-0.4, -0.2) is 21.9 Å². The Bertz CT molecular complexity index is 841. The first-order valence-corrected chi connectivity index (χ1v) is 18.3. The van der Waals surface area contributed by atoms with Crippen molar-refractivity contribution in [1.82, 2.24) is 0 Å². The highest BCUT2D eigenvalue weighted by molar-refractivity contribution is 6.98. The van der Waals surface area contributed by atoms with Gasteiger partial charge in [0.15, 0.2) is 0 Å². The molecule has 0 radical (unpaired) electrons. The highest BCUT2D eigenvalue weighted by Gasteiger charge is 2.61. The summed E-state index contributed by atoms with van der Waals surface area (Å²) in [5, 5.41) is 3.42. The quantitative estimate of drug-likeness (QED) is 0.486. The summed E-state index contributed by atoms with van der Waals surface area (Å²) in [7, 11) is -2.82. The van der Waals surface area contributed by atoms with E-state index in [0.29, 0.717) is 11.7 Å². The van der Waals surface area contributed by atoms with Gasteiger partial charge in [-0.15, -0.1) is 6.58 Å². The maximum absolute atomic E-state index is 13.0. The molecule has 1 spiro atoms. The molecule has 0 heterocycles. The van der Waals surface area contributed by atoms with Crippen LogP contribution in [0.5, 0.6) is 0 Å². The first-order chi connectivity index (χ1) is 12.9. The standard InChI is InChI=1S/C25H38OSi2/c1-8-12-24-16-19-10-9-18-14-21(27(2,3)4)22(28(5,6)7)15-20(18)25(19,17-24)13-11-23(24)26/h8,14-15,19H,1,9-13,16-17H2,2-7H3/t19-,24-,25+/m0/s1. The van der Waals surface area contributed by atoms with Crippen LogP contribution < -0.4 is 10.4 Å². The third-order valence-corrected chi connectivity index (χ3v) is 12.5. The third-order valence-electron chi connectivity index (χ3n) is 8.16. The maximum Gasteiger partial charge on any atom is 0.139 e. The lowest BCUT2D eigenvalue weighted by atomic mass is 9.59. The monoisotopic (exact) mass is 410 g/mol. The van der Waals surface area contributed by atoms with E-state index in [9.17, 15) is 4.79 Å². The summed E-state index contributed by atoms with van der Waals surface area (Å²) in [5.41, 5.74) is 3.43. The summed E-state index contributed by atoms with van der Waals surface area (Å²) >= 11 is 0. The SMILES string of the molecule is C=CC[C@@]12C[C@@H]3CCc4cc([Si](C)(C)C)c([Si](C)(C)C)cc4[C@]3(CCC1=O)C2. The van der Waals surface area contributed by atoms with E-state index in [-0.39, 0.29) is 10.8 Å². The highest BCUT2D eigenvalue weighted by atomic mass is 28.3. The Morgan fingerprint density at radius 3 is 2.32 bits per heavy atom. The predicted molar refractivity (Wildman–Crippen MR) is 127 cm³/mol. The van der Waals surface area contributed by atoms with E-state index >= 15 is 0 Å². The number of rotatable bonds is 4. The Morgan fingerprint density at radius 1 is 1.07 bits per heavy atom. The van der Waals surface area contributed by atoms with Crippen LogP contribution in [-0.2, 0) is 16.6 Å². The van der Waals surface area contributed by atoms with Crippen molar-refractivity contribution in [3.8, 4) is 0 Å². The van der Waals surface area contributed by atoms with Crippen molar-refractivity contribution in [3.05, 3.63) is 35.9 Å². The fraction of sp³-hybridized carbons (Fsp3) is 0.640. The smallest absolute Gasteiger partial charge is 0.139 e. The number of allylic oxidation sites excluding steroid dienone is 1. The number of Topliss-reactive ketones (excluding diaryl/α,β-unsaturated/α-hetero) is 1. The van der Waals surface area contributed by atoms with Gasteiger partial charge in [-0.3, -0.25) is 4.79 Å². The molecule has 28 heavy (non-hydrogen) atoms. The minimum atomic E-state index is -1.43. The van der Waals surface area contributed by atoms with Gasteiger partial charge in [0.05, 0.1) is 16.1 Å². The minimum Gasteiger partial charge on any atom is -0.299 e. The van der Waals surface area contributed by atoms with Crippen molar-refractivity contribution in [3.63, 3.8) is 0 Å². The van der Waals surface area contributed by atoms with Gasteiger partial charge in [0.25, 0.3) is 0 Å². The number of hydrogen-bond acceptors (Lipinski definition) is 1. The molecule has 0 aliphatic heterocycles. The molecule has 2 saturated carbocycles.